The first-order valence-electron chi connectivity index (χ1n) is 8.02. The molecule has 1 fully saturated rings. The molecule has 0 aromatic heterocycles. The summed E-state index contributed by atoms with van der Waals surface area (Å²) in [4.78, 5) is 6.78. The van der Waals surface area contributed by atoms with Crippen LogP contribution in [-0.4, -0.2) is 37.2 Å². The van der Waals surface area contributed by atoms with Crippen molar-refractivity contribution in [2.45, 2.75) is 17.8 Å². The number of hydrogen-bond acceptors (Lipinski definition) is 5. The standard InChI is InChI=1S/C18H17ClN2O2S2/c19-14-7-4-8-15(9-14)21-17-12-25(22,23)11-16(17)20-18(21)24-10-13-5-2-1-3-6-13/h1-9,16-17H,10-12H2/t16-,17+/m1/s1. The molecule has 0 N–H and O–H groups in total. The van der Waals surface area contributed by atoms with E-state index < -0.39 is 9.84 Å². The van der Waals surface area contributed by atoms with E-state index in [0.717, 1.165) is 16.6 Å². The van der Waals surface area contributed by atoms with Crippen molar-refractivity contribution < 1.29 is 8.42 Å². The van der Waals surface area contributed by atoms with Crippen molar-refractivity contribution >= 4 is 44.1 Å². The molecule has 2 aliphatic rings. The smallest absolute Gasteiger partial charge is 0.164 e. The maximum Gasteiger partial charge on any atom is 0.164 e. The summed E-state index contributed by atoms with van der Waals surface area (Å²) in [5.74, 6) is 1.07. The molecule has 130 valence electrons. The zero-order valence-corrected chi connectivity index (χ0v) is 15.8. The molecule has 2 heterocycles. The number of anilines is 1. The Morgan fingerprint density at radius 3 is 2.68 bits per heavy atom. The Kier molecular flexibility index (Phi) is 4.52. The third-order valence-electron chi connectivity index (χ3n) is 4.40. The summed E-state index contributed by atoms with van der Waals surface area (Å²) >= 11 is 7.79. The summed E-state index contributed by atoms with van der Waals surface area (Å²) in [5, 5.41) is 1.50. The molecule has 25 heavy (non-hydrogen) atoms. The minimum absolute atomic E-state index is 0.129. The van der Waals surface area contributed by atoms with Crippen molar-refractivity contribution in [2.75, 3.05) is 16.4 Å². The highest BCUT2D eigenvalue weighted by Gasteiger charge is 2.47. The Morgan fingerprint density at radius 2 is 1.92 bits per heavy atom. The van der Waals surface area contributed by atoms with Crippen molar-refractivity contribution in [3.05, 3.63) is 65.2 Å². The van der Waals surface area contributed by atoms with Gasteiger partial charge in [-0.05, 0) is 23.8 Å². The number of aliphatic imine (C=N–C) groups is 1. The van der Waals surface area contributed by atoms with Crippen LogP contribution in [0.3, 0.4) is 0 Å². The predicted molar refractivity (Wildman–Crippen MR) is 105 cm³/mol. The van der Waals surface area contributed by atoms with Gasteiger partial charge in [0.2, 0.25) is 0 Å². The Hall–Kier alpha value is -1.50. The zero-order chi connectivity index (χ0) is 17.4. The fourth-order valence-electron chi connectivity index (χ4n) is 3.28. The van der Waals surface area contributed by atoms with Gasteiger partial charge in [0.15, 0.2) is 15.0 Å². The van der Waals surface area contributed by atoms with E-state index in [0.29, 0.717) is 5.02 Å². The second-order valence-corrected chi connectivity index (χ2v) is 9.78. The number of benzene rings is 2. The second-order valence-electron chi connectivity index (χ2n) is 6.25. The first kappa shape index (κ1) is 16.9. The fourth-order valence-corrected chi connectivity index (χ4v) is 6.39. The van der Waals surface area contributed by atoms with Crippen LogP contribution in [-0.2, 0) is 15.6 Å². The van der Waals surface area contributed by atoms with Gasteiger partial charge in [0.1, 0.15) is 0 Å². The molecule has 2 aromatic carbocycles. The van der Waals surface area contributed by atoms with Crippen LogP contribution in [0.15, 0.2) is 59.6 Å². The fraction of sp³-hybridized carbons (Fsp3) is 0.278. The van der Waals surface area contributed by atoms with E-state index in [4.69, 9.17) is 16.6 Å². The van der Waals surface area contributed by atoms with Crippen molar-refractivity contribution in [2.24, 2.45) is 4.99 Å². The number of nitrogens with zero attached hydrogens (tertiary/aromatic N) is 2. The molecule has 0 spiro atoms. The molecular weight excluding hydrogens is 376 g/mol. The van der Waals surface area contributed by atoms with Gasteiger partial charge in [0, 0.05) is 16.5 Å². The Labute approximate surface area is 156 Å². The van der Waals surface area contributed by atoms with Crippen LogP contribution in [0.4, 0.5) is 5.69 Å². The van der Waals surface area contributed by atoms with E-state index in [-0.39, 0.29) is 23.6 Å². The average molecular weight is 393 g/mol. The molecule has 0 saturated carbocycles. The summed E-state index contributed by atoms with van der Waals surface area (Å²) in [6.07, 6.45) is 0. The van der Waals surface area contributed by atoms with Gasteiger partial charge in [0.25, 0.3) is 0 Å². The topological polar surface area (TPSA) is 49.7 Å². The quantitative estimate of drug-likeness (QED) is 0.800. The molecule has 2 aromatic rings. The van der Waals surface area contributed by atoms with Crippen LogP contribution in [0.1, 0.15) is 5.56 Å². The Morgan fingerprint density at radius 1 is 1.12 bits per heavy atom. The lowest BCUT2D eigenvalue weighted by molar-refractivity contribution is 0.601. The molecule has 0 unspecified atom stereocenters. The summed E-state index contributed by atoms with van der Waals surface area (Å²) < 4.78 is 24.1. The molecule has 0 amide bonds. The summed E-state index contributed by atoms with van der Waals surface area (Å²) in [5.41, 5.74) is 2.11. The first-order chi connectivity index (χ1) is 12.0. The molecule has 7 heteroatoms. The molecular formula is C18H17ClN2O2S2. The van der Waals surface area contributed by atoms with Gasteiger partial charge in [-0.25, -0.2) is 8.42 Å². The summed E-state index contributed by atoms with van der Waals surface area (Å²) in [6.45, 7) is 0. The highest BCUT2D eigenvalue weighted by Crippen LogP contribution is 2.36. The highest BCUT2D eigenvalue weighted by molar-refractivity contribution is 8.13. The number of sulfone groups is 1. The lowest BCUT2D eigenvalue weighted by Crippen LogP contribution is -2.39. The van der Waals surface area contributed by atoms with Gasteiger partial charge in [-0.3, -0.25) is 4.99 Å². The monoisotopic (exact) mass is 392 g/mol. The van der Waals surface area contributed by atoms with Gasteiger partial charge in [0.05, 0.1) is 23.6 Å². The summed E-state index contributed by atoms with van der Waals surface area (Å²) in [7, 11) is -3.04. The van der Waals surface area contributed by atoms with Gasteiger partial charge in [-0.15, -0.1) is 0 Å². The van der Waals surface area contributed by atoms with Gasteiger partial charge in [-0.2, -0.15) is 0 Å². The van der Waals surface area contributed by atoms with Crippen LogP contribution in [0, 0.1) is 0 Å². The van der Waals surface area contributed by atoms with Crippen molar-refractivity contribution in [1.29, 1.82) is 0 Å². The SMILES string of the molecule is O=S1(=O)C[C@H]2N=C(SCc3ccccc3)N(c3cccc(Cl)c3)[C@H]2C1. The minimum Gasteiger partial charge on any atom is -0.315 e. The van der Waals surface area contributed by atoms with E-state index in [9.17, 15) is 8.42 Å². The van der Waals surface area contributed by atoms with E-state index in [1.807, 2.05) is 42.5 Å². The van der Waals surface area contributed by atoms with Crippen molar-refractivity contribution in [3.8, 4) is 0 Å². The van der Waals surface area contributed by atoms with E-state index in [2.05, 4.69) is 17.0 Å². The lowest BCUT2D eigenvalue weighted by Gasteiger charge is -2.26. The molecule has 4 rings (SSSR count). The minimum atomic E-state index is -3.04. The van der Waals surface area contributed by atoms with Crippen LogP contribution in [0.5, 0.6) is 0 Å². The van der Waals surface area contributed by atoms with Gasteiger partial charge >= 0.3 is 0 Å². The van der Waals surface area contributed by atoms with Crippen LogP contribution in [0.25, 0.3) is 0 Å². The first-order valence-corrected chi connectivity index (χ1v) is 11.2. The number of halogens is 1. The summed E-state index contributed by atoms with van der Waals surface area (Å²) in [6, 6.07) is 17.4. The van der Waals surface area contributed by atoms with Crippen molar-refractivity contribution in [3.63, 3.8) is 0 Å². The molecule has 0 radical (unpaired) electrons. The Balaban J connectivity index is 1.63. The lowest BCUT2D eigenvalue weighted by atomic mass is 10.1. The maximum absolute atomic E-state index is 12.0. The largest absolute Gasteiger partial charge is 0.315 e. The molecule has 4 nitrogen and oxygen atoms in total. The second kappa shape index (κ2) is 6.67. The maximum atomic E-state index is 12.0. The van der Waals surface area contributed by atoms with Crippen LogP contribution >= 0.6 is 23.4 Å². The predicted octanol–water partition coefficient (Wildman–Crippen LogP) is 3.62. The van der Waals surface area contributed by atoms with Gasteiger partial charge in [-0.1, -0.05) is 59.8 Å². The third-order valence-corrected chi connectivity index (χ3v) is 7.38. The number of fused-ring (bicyclic) bond motifs is 1. The molecule has 2 aliphatic heterocycles. The number of thioether (sulfide) groups is 1. The van der Waals surface area contributed by atoms with Crippen LogP contribution < -0.4 is 4.90 Å². The molecule has 0 aliphatic carbocycles. The Bertz CT molecular complexity index is 916. The average Bonchev–Trinajstić information content (AvgIpc) is 3.05. The van der Waals surface area contributed by atoms with Gasteiger partial charge < -0.3 is 4.90 Å². The number of rotatable bonds is 3. The molecule has 1 saturated heterocycles. The molecule has 2 atom stereocenters. The van der Waals surface area contributed by atoms with E-state index in [1.165, 1.54) is 5.56 Å². The zero-order valence-electron chi connectivity index (χ0n) is 13.4. The van der Waals surface area contributed by atoms with E-state index in [1.54, 1.807) is 11.8 Å². The number of amidine groups is 1. The van der Waals surface area contributed by atoms with Crippen molar-refractivity contribution in [1.82, 2.24) is 0 Å². The normalized spacial score (nSPS) is 24.2. The van der Waals surface area contributed by atoms with E-state index >= 15 is 0 Å². The molecule has 0 bridgehead atoms. The van der Waals surface area contributed by atoms with Crippen LogP contribution in [0.2, 0.25) is 5.02 Å². The highest BCUT2D eigenvalue weighted by atomic mass is 35.5. The third kappa shape index (κ3) is 3.57. The number of hydrogen-bond donors (Lipinski definition) is 0.